The Labute approximate surface area is 77.6 Å². The van der Waals surface area contributed by atoms with Gasteiger partial charge in [-0.3, -0.25) is 0 Å². The van der Waals surface area contributed by atoms with Gasteiger partial charge in [-0.1, -0.05) is 6.08 Å². The molecular weight excluding hydrogens is 164 g/mol. The number of nitriles is 2. The first-order valence-electron chi connectivity index (χ1n) is 3.85. The van der Waals surface area contributed by atoms with E-state index in [4.69, 9.17) is 10.5 Å². The SMILES string of the molecule is C=CCN1C=C(C#N)N(C)C1C#N. The Morgan fingerprint density at radius 2 is 2.38 bits per heavy atom. The van der Waals surface area contributed by atoms with Crippen LogP contribution in [0, 0.1) is 22.7 Å². The van der Waals surface area contributed by atoms with Crippen LogP contribution in [0.25, 0.3) is 0 Å². The minimum Gasteiger partial charge on any atom is -0.339 e. The zero-order chi connectivity index (χ0) is 9.84. The van der Waals surface area contributed by atoms with Gasteiger partial charge in [0.2, 0.25) is 0 Å². The highest BCUT2D eigenvalue weighted by molar-refractivity contribution is 5.26. The van der Waals surface area contributed by atoms with Crippen LogP contribution in [-0.4, -0.2) is 29.6 Å². The minimum atomic E-state index is -0.382. The van der Waals surface area contributed by atoms with Gasteiger partial charge in [0.15, 0.2) is 6.17 Å². The average Bonchev–Trinajstić information content (AvgIpc) is 2.43. The molecule has 1 heterocycles. The largest absolute Gasteiger partial charge is 0.339 e. The summed E-state index contributed by atoms with van der Waals surface area (Å²) in [5.41, 5.74) is 0.508. The van der Waals surface area contributed by atoms with Crippen LogP contribution < -0.4 is 0 Å². The summed E-state index contributed by atoms with van der Waals surface area (Å²) >= 11 is 0. The first-order valence-corrected chi connectivity index (χ1v) is 3.85. The van der Waals surface area contributed by atoms with Crippen LogP contribution in [0.5, 0.6) is 0 Å². The highest BCUT2D eigenvalue weighted by Gasteiger charge is 2.28. The fraction of sp³-hybridized carbons (Fsp3) is 0.333. The molecule has 0 aromatic heterocycles. The lowest BCUT2D eigenvalue weighted by atomic mass is 10.4. The molecule has 0 aromatic rings. The third-order valence-electron chi connectivity index (χ3n) is 1.92. The fourth-order valence-electron chi connectivity index (χ4n) is 1.24. The summed E-state index contributed by atoms with van der Waals surface area (Å²) in [5, 5.41) is 17.6. The van der Waals surface area contributed by atoms with Crippen LogP contribution >= 0.6 is 0 Å². The molecule has 1 rings (SSSR count). The number of allylic oxidation sites excluding steroid dienone is 1. The molecule has 1 aliphatic heterocycles. The van der Waals surface area contributed by atoms with E-state index in [2.05, 4.69) is 12.6 Å². The van der Waals surface area contributed by atoms with Crippen molar-refractivity contribution in [3.05, 3.63) is 24.6 Å². The van der Waals surface area contributed by atoms with Crippen LogP contribution in [0.4, 0.5) is 0 Å². The maximum absolute atomic E-state index is 8.84. The third kappa shape index (κ3) is 1.47. The molecule has 0 radical (unpaired) electrons. The Kier molecular flexibility index (Phi) is 2.56. The molecule has 0 fully saturated rings. The molecule has 1 atom stereocenters. The second-order valence-corrected chi connectivity index (χ2v) is 2.73. The number of rotatable bonds is 2. The lowest BCUT2D eigenvalue weighted by Crippen LogP contribution is -2.35. The van der Waals surface area contributed by atoms with Gasteiger partial charge in [0.25, 0.3) is 0 Å². The maximum atomic E-state index is 8.84. The van der Waals surface area contributed by atoms with E-state index >= 15 is 0 Å². The molecule has 1 unspecified atom stereocenters. The summed E-state index contributed by atoms with van der Waals surface area (Å²) in [7, 11) is 1.73. The first kappa shape index (κ1) is 9.15. The molecule has 4 nitrogen and oxygen atoms in total. The van der Waals surface area contributed by atoms with Crippen molar-refractivity contribution in [3.8, 4) is 12.1 Å². The number of hydrogen-bond acceptors (Lipinski definition) is 4. The lowest BCUT2D eigenvalue weighted by molar-refractivity contribution is 0.241. The molecule has 13 heavy (non-hydrogen) atoms. The third-order valence-corrected chi connectivity index (χ3v) is 1.92. The van der Waals surface area contributed by atoms with E-state index in [1.807, 2.05) is 6.07 Å². The lowest BCUT2D eigenvalue weighted by Gasteiger charge is -2.23. The van der Waals surface area contributed by atoms with Crippen LogP contribution in [0.2, 0.25) is 0 Å². The predicted octanol–water partition coefficient (Wildman–Crippen LogP) is 0.634. The molecular formula is C9H10N4. The second kappa shape index (κ2) is 3.64. The summed E-state index contributed by atoms with van der Waals surface area (Å²) in [6.45, 7) is 4.16. The molecule has 4 heteroatoms. The van der Waals surface area contributed by atoms with E-state index in [9.17, 15) is 0 Å². The fourth-order valence-corrected chi connectivity index (χ4v) is 1.24. The summed E-state index contributed by atoms with van der Waals surface area (Å²) in [5.74, 6) is 0. The Morgan fingerprint density at radius 1 is 1.69 bits per heavy atom. The molecule has 0 spiro atoms. The molecule has 0 aliphatic carbocycles. The van der Waals surface area contributed by atoms with Crippen LogP contribution in [0.15, 0.2) is 24.6 Å². The predicted molar refractivity (Wildman–Crippen MR) is 47.8 cm³/mol. The van der Waals surface area contributed by atoms with Crippen molar-refractivity contribution in [1.29, 1.82) is 10.5 Å². The van der Waals surface area contributed by atoms with Gasteiger partial charge >= 0.3 is 0 Å². The van der Waals surface area contributed by atoms with Crippen molar-refractivity contribution in [2.45, 2.75) is 6.17 Å². The van der Waals surface area contributed by atoms with Crippen molar-refractivity contribution in [2.75, 3.05) is 13.6 Å². The van der Waals surface area contributed by atoms with Crippen LogP contribution in [-0.2, 0) is 0 Å². The molecule has 0 N–H and O–H groups in total. The number of nitrogens with zero attached hydrogens (tertiary/aromatic N) is 4. The Balaban J connectivity index is 2.87. The first-order chi connectivity index (χ1) is 6.24. The molecule has 1 aliphatic rings. The zero-order valence-corrected chi connectivity index (χ0v) is 7.44. The molecule has 0 aromatic carbocycles. The van der Waals surface area contributed by atoms with Crippen LogP contribution in [0.3, 0.4) is 0 Å². The monoisotopic (exact) mass is 174 g/mol. The molecule has 0 saturated carbocycles. The zero-order valence-electron chi connectivity index (χ0n) is 7.44. The van der Waals surface area contributed by atoms with Gasteiger partial charge in [-0.05, 0) is 0 Å². The normalized spacial score (nSPS) is 20.5. The summed E-state index contributed by atoms with van der Waals surface area (Å²) < 4.78 is 0. The minimum absolute atomic E-state index is 0.382. The smallest absolute Gasteiger partial charge is 0.192 e. The summed E-state index contributed by atoms with van der Waals surface area (Å²) in [4.78, 5) is 3.41. The van der Waals surface area contributed by atoms with E-state index in [0.717, 1.165) is 0 Å². The van der Waals surface area contributed by atoms with Gasteiger partial charge in [-0.25, -0.2) is 0 Å². The molecule has 66 valence electrons. The van der Waals surface area contributed by atoms with Crippen molar-refractivity contribution in [1.82, 2.24) is 9.80 Å². The Hall–Kier alpha value is -1.94. The van der Waals surface area contributed by atoms with Gasteiger partial charge in [0, 0.05) is 19.8 Å². The Bertz CT molecular complexity index is 317. The number of hydrogen-bond donors (Lipinski definition) is 0. The Morgan fingerprint density at radius 3 is 2.85 bits per heavy atom. The van der Waals surface area contributed by atoms with Gasteiger partial charge in [0.05, 0.1) is 0 Å². The molecule has 0 saturated heterocycles. The quantitative estimate of drug-likeness (QED) is 0.576. The average molecular weight is 174 g/mol. The van der Waals surface area contributed by atoms with E-state index in [-0.39, 0.29) is 6.17 Å². The van der Waals surface area contributed by atoms with Crippen molar-refractivity contribution in [3.63, 3.8) is 0 Å². The van der Waals surface area contributed by atoms with Gasteiger partial charge in [-0.2, -0.15) is 10.5 Å². The van der Waals surface area contributed by atoms with Crippen LogP contribution in [0.1, 0.15) is 0 Å². The molecule has 0 amide bonds. The van der Waals surface area contributed by atoms with E-state index in [1.165, 1.54) is 0 Å². The topological polar surface area (TPSA) is 54.1 Å². The maximum Gasteiger partial charge on any atom is 0.192 e. The van der Waals surface area contributed by atoms with Gasteiger partial charge in [-0.15, -0.1) is 6.58 Å². The molecule has 0 bridgehead atoms. The van der Waals surface area contributed by atoms with Gasteiger partial charge < -0.3 is 9.80 Å². The highest BCUT2D eigenvalue weighted by Crippen LogP contribution is 2.19. The van der Waals surface area contributed by atoms with Crippen molar-refractivity contribution < 1.29 is 0 Å². The second-order valence-electron chi connectivity index (χ2n) is 2.73. The van der Waals surface area contributed by atoms with Gasteiger partial charge in [0.1, 0.15) is 17.8 Å². The summed E-state index contributed by atoms with van der Waals surface area (Å²) in [6.07, 6.45) is 3.00. The van der Waals surface area contributed by atoms with Crippen molar-refractivity contribution in [2.24, 2.45) is 0 Å². The van der Waals surface area contributed by atoms with Crippen molar-refractivity contribution >= 4 is 0 Å². The summed E-state index contributed by atoms with van der Waals surface area (Å²) in [6, 6.07) is 4.14. The standard InChI is InChI=1S/C9H10N4/c1-3-4-13-7-8(5-10)12(2)9(13)6-11/h3,7,9H,1,4H2,2H3. The van der Waals surface area contributed by atoms with E-state index < -0.39 is 0 Å². The highest BCUT2D eigenvalue weighted by atomic mass is 15.4. The van der Waals surface area contributed by atoms with E-state index in [1.54, 1.807) is 29.1 Å². The van der Waals surface area contributed by atoms with E-state index in [0.29, 0.717) is 12.2 Å².